The van der Waals surface area contributed by atoms with Crippen molar-refractivity contribution in [2.24, 2.45) is 0 Å². The maximum Gasteiger partial charge on any atom is 0.341 e. The largest absolute Gasteiger partial charge is 0.396 e. The fourth-order valence-corrected chi connectivity index (χ4v) is 2.21. The predicted molar refractivity (Wildman–Crippen MR) is 54.1 cm³/mol. The SMILES string of the molecule is Nc1c(Cl)cc(S(=O)(=O)C(F)F)cc1Cl. The van der Waals surface area contributed by atoms with Crippen molar-refractivity contribution in [1.82, 2.24) is 0 Å². The van der Waals surface area contributed by atoms with Crippen LogP contribution in [0.15, 0.2) is 17.0 Å². The number of nitrogens with two attached hydrogens (primary N) is 1. The van der Waals surface area contributed by atoms with E-state index in [0.717, 1.165) is 12.1 Å². The Labute approximate surface area is 94.7 Å². The van der Waals surface area contributed by atoms with Gasteiger partial charge in [-0.1, -0.05) is 23.2 Å². The summed E-state index contributed by atoms with van der Waals surface area (Å²) in [5, 5.41) is -0.358. The van der Waals surface area contributed by atoms with Crippen LogP contribution in [0.4, 0.5) is 14.5 Å². The number of alkyl halides is 2. The minimum atomic E-state index is -4.70. The van der Waals surface area contributed by atoms with E-state index in [1.54, 1.807) is 0 Å². The second-order valence-electron chi connectivity index (χ2n) is 2.61. The minimum absolute atomic E-state index is 0.0495. The van der Waals surface area contributed by atoms with Crippen LogP contribution < -0.4 is 5.73 Å². The lowest BCUT2D eigenvalue weighted by Crippen LogP contribution is -2.11. The zero-order valence-electron chi connectivity index (χ0n) is 7.05. The molecule has 8 heteroatoms. The van der Waals surface area contributed by atoms with Gasteiger partial charge in [0.05, 0.1) is 20.6 Å². The maximum absolute atomic E-state index is 12.2. The normalized spacial score (nSPS) is 12.1. The predicted octanol–water partition coefficient (Wildman–Crippen LogP) is 2.57. The number of nitrogen functional groups attached to an aromatic ring is 1. The van der Waals surface area contributed by atoms with Crippen LogP contribution in [0, 0.1) is 0 Å². The summed E-state index contributed by atoms with van der Waals surface area (Å²) < 4.78 is 46.4. The molecule has 0 aliphatic carbocycles. The summed E-state index contributed by atoms with van der Waals surface area (Å²) in [6.07, 6.45) is 0. The van der Waals surface area contributed by atoms with E-state index in [-0.39, 0.29) is 15.7 Å². The van der Waals surface area contributed by atoms with Gasteiger partial charge in [0.25, 0.3) is 0 Å². The topological polar surface area (TPSA) is 60.2 Å². The molecule has 0 spiro atoms. The Bertz CT molecular complexity index is 467. The van der Waals surface area contributed by atoms with E-state index in [0.29, 0.717) is 0 Å². The number of hydrogen-bond donors (Lipinski definition) is 1. The fraction of sp³-hybridized carbons (Fsp3) is 0.143. The molecule has 84 valence electrons. The summed E-state index contributed by atoms with van der Waals surface area (Å²) >= 11 is 11.0. The van der Waals surface area contributed by atoms with Gasteiger partial charge in [-0.2, -0.15) is 8.78 Å². The molecule has 15 heavy (non-hydrogen) atoms. The first-order chi connectivity index (χ1) is 6.76. The van der Waals surface area contributed by atoms with Crippen molar-refractivity contribution in [3.8, 4) is 0 Å². The van der Waals surface area contributed by atoms with E-state index in [1.807, 2.05) is 0 Å². The molecular weight excluding hydrogens is 271 g/mol. The zero-order valence-corrected chi connectivity index (χ0v) is 9.37. The average Bonchev–Trinajstić information content (AvgIpc) is 2.13. The molecule has 3 nitrogen and oxygen atoms in total. The molecule has 1 rings (SSSR count). The van der Waals surface area contributed by atoms with Gasteiger partial charge in [-0.25, -0.2) is 8.42 Å². The Morgan fingerprint density at radius 1 is 1.20 bits per heavy atom. The molecule has 0 aromatic heterocycles. The number of hydrogen-bond acceptors (Lipinski definition) is 3. The fourth-order valence-electron chi connectivity index (χ4n) is 0.828. The summed E-state index contributed by atoms with van der Waals surface area (Å²) in [5.41, 5.74) is 5.27. The second kappa shape index (κ2) is 4.11. The summed E-state index contributed by atoms with van der Waals surface area (Å²) in [5.74, 6) is -3.52. The average molecular weight is 276 g/mol. The third-order valence-electron chi connectivity index (χ3n) is 1.62. The number of rotatable bonds is 2. The van der Waals surface area contributed by atoms with Gasteiger partial charge < -0.3 is 5.73 Å². The van der Waals surface area contributed by atoms with Crippen LogP contribution in [0.25, 0.3) is 0 Å². The van der Waals surface area contributed by atoms with E-state index in [1.165, 1.54) is 0 Å². The van der Waals surface area contributed by atoms with Gasteiger partial charge in [-0.05, 0) is 12.1 Å². The Morgan fingerprint density at radius 3 is 1.93 bits per heavy atom. The molecule has 1 aromatic carbocycles. The number of anilines is 1. The molecule has 0 aliphatic rings. The van der Waals surface area contributed by atoms with Gasteiger partial charge in [0.1, 0.15) is 0 Å². The Kier molecular flexibility index (Phi) is 3.42. The van der Waals surface area contributed by atoms with Crippen LogP contribution in [0.2, 0.25) is 10.0 Å². The van der Waals surface area contributed by atoms with Crippen LogP contribution in [-0.4, -0.2) is 14.2 Å². The van der Waals surface area contributed by atoms with Crippen molar-refractivity contribution in [2.45, 2.75) is 10.7 Å². The third kappa shape index (κ3) is 2.32. The molecule has 0 unspecified atom stereocenters. The van der Waals surface area contributed by atoms with Crippen LogP contribution in [-0.2, 0) is 9.84 Å². The third-order valence-corrected chi connectivity index (χ3v) is 3.60. The van der Waals surface area contributed by atoms with Crippen LogP contribution in [0.3, 0.4) is 0 Å². The highest BCUT2D eigenvalue weighted by Gasteiger charge is 2.27. The first-order valence-electron chi connectivity index (χ1n) is 3.53. The molecule has 0 heterocycles. The van der Waals surface area contributed by atoms with Gasteiger partial charge in [-0.3, -0.25) is 0 Å². The Balaban J connectivity index is 3.42. The summed E-state index contributed by atoms with van der Waals surface area (Å²) in [6, 6.07) is 1.68. The van der Waals surface area contributed by atoms with Gasteiger partial charge in [0.2, 0.25) is 9.84 Å². The lowest BCUT2D eigenvalue weighted by molar-refractivity contribution is 0.235. The van der Waals surface area contributed by atoms with Crippen molar-refractivity contribution in [3.05, 3.63) is 22.2 Å². The Morgan fingerprint density at radius 2 is 1.60 bits per heavy atom. The monoisotopic (exact) mass is 275 g/mol. The van der Waals surface area contributed by atoms with Crippen LogP contribution in [0.5, 0.6) is 0 Å². The van der Waals surface area contributed by atoms with Gasteiger partial charge in [0.15, 0.2) is 0 Å². The molecule has 0 fully saturated rings. The minimum Gasteiger partial charge on any atom is -0.396 e. The first kappa shape index (κ1) is 12.5. The molecular formula is C7H5Cl2F2NO2S. The number of benzene rings is 1. The highest BCUT2D eigenvalue weighted by Crippen LogP contribution is 2.32. The number of sulfone groups is 1. The van der Waals surface area contributed by atoms with Crippen molar-refractivity contribution in [1.29, 1.82) is 0 Å². The standard InChI is InChI=1S/C7H5Cl2F2NO2S/c8-4-1-3(2-5(9)6(4)12)15(13,14)7(10)11/h1-2,7H,12H2. The highest BCUT2D eigenvalue weighted by molar-refractivity contribution is 7.91. The molecule has 0 saturated carbocycles. The Hall–Kier alpha value is -0.590. The second-order valence-corrected chi connectivity index (χ2v) is 5.34. The molecule has 0 atom stereocenters. The van der Waals surface area contributed by atoms with E-state index in [4.69, 9.17) is 28.9 Å². The molecule has 0 saturated heterocycles. The molecule has 0 amide bonds. The van der Waals surface area contributed by atoms with Gasteiger partial charge >= 0.3 is 5.76 Å². The quantitative estimate of drug-likeness (QED) is 0.844. The summed E-state index contributed by atoms with van der Waals surface area (Å²) in [7, 11) is -4.70. The van der Waals surface area contributed by atoms with Gasteiger partial charge in [0, 0.05) is 0 Å². The lowest BCUT2D eigenvalue weighted by Gasteiger charge is -2.06. The van der Waals surface area contributed by atoms with Crippen LogP contribution >= 0.6 is 23.2 Å². The molecule has 0 bridgehead atoms. The molecule has 2 N–H and O–H groups in total. The molecule has 1 aromatic rings. The van der Waals surface area contributed by atoms with Crippen molar-refractivity contribution >= 4 is 38.7 Å². The summed E-state index contributed by atoms with van der Waals surface area (Å²) in [6.45, 7) is 0. The van der Waals surface area contributed by atoms with Gasteiger partial charge in [-0.15, -0.1) is 0 Å². The van der Waals surface area contributed by atoms with Crippen LogP contribution in [0.1, 0.15) is 0 Å². The first-order valence-corrected chi connectivity index (χ1v) is 5.83. The molecule has 0 radical (unpaired) electrons. The maximum atomic E-state index is 12.2. The van der Waals surface area contributed by atoms with Crippen molar-refractivity contribution in [3.63, 3.8) is 0 Å². The summed E-state index contributed by atoms with van der Waals surface area (Å²) in [4.78, 5) is -0.651. The zero-order chi connectivity index (χ0) is 11.8. The van der Waals surface area contributed by atoms with E-state index in [2.05, 4.69) is 0 Å². The highest BCUT2D eigenvalue weighted by atomic mass is 35.5. The van der Waals surface area contributed by atoms with E-state index >= 15 is 0 Å². The smallest absolute Gasteiger partial charge is 0.341 e. The molecule has 0 aliphatic heterocycles. The number of halogens is 4. The van der Waals surface area contributed by atoms with Crippen molar-refractivity contribution < 1.29 is 17.2 Å². The lowest BCUT2D eigenvalue weighted by atomic mass is 10.3. The van der Waals surface area contributed by atoms with E-state index < -0.39 is 20.5 Å². The van der Waals surface area contributed by atoms with Crippen molar-refractivity contribution in [2.75, 3.05) is 5.73 Å². The van der Waals surface area contributed by atoms with E-state index in [9.17, 15) is 17.2 Å².